The van der Waals surface area contributed by atoms with Gasteiger partial charge in [-0.05, 0) is 25.7 Å². The van der Waals surface area contributed by atoms with Gasteiger partial charge < -0.3 is 9.66 Å². The Kier molecular flexibility index (Phi) is 16.8. The molecule has 0 radical (unpaired) electrons. The van der Waals surface area contributed by atoms with Gasteiger partial charge in [0.05, 0.1) is 16.2 Å². The van der Waals surface area contributed by atoms with E-state index in [0.717, 1.165) is 51.4 Å². The molecule has 0 aromatic rings. The summed E-state index contributed by atoms with van der Waals surface area (Å²) in [5.74, 6) is 0. The molecule has 0 saturated heterocycles. The molecule has 0 heterocycles. The molecule has 0 spiro atoms. The maximum absolute atomic E-state index is 10.9. The zero-order chi connectivity index (χ0) is 14.7. The molecule has 20 heavy (non-hydrogen) atoms. The van der Waals surface area contributed by atoms with Crippen molar-refractivity contribution in [2.45, 2.75) is 89.4 Å². The molecule has 0 aromatic carbocycles. The third-order valence-corrected chi connectivity index (χ3v) is 4.93. The zero-order valence-corrected chi connectivity index (χ0v) is 17.2. The van der Waals surface area contributed by atoms with E-state index in [1.165, 1.54) is 0 Å². The number of rotatable bonds is 12. The van der Waals surface area contributed by atoms with E-state index in [9.17, 15) is 18.1 Å². The van der Waals surface area contributed by atoms with E-state index in [0.29, 0.717) is 12.8 Å². The van der Waals surface area contributed by atoms with E-state index < -0.39 is 15.4 Å². The summed E-state index contributed by atoms with van der Waals surface area (Å²) < 4.78 is 32.6. The van der Waals surface area contributed by atoms with Crippen LogP contribution in [0.3, 0.4) is 0 Å². The van der Waals surface area contributed by atoms with E-state index in [1.54, 1.807) is 6.92 Å². The minimum absolute atomic E-state index is 0. The predicted molar refractivity (Wildman–Crippen MR) is 77.0 cm³/mol. The van der Waals surface area contributed by atoms with Crippen molar-refractivity contribution in [1.82, 2.24) is 0 Å². The van der Waals surface area contributed by atoms with Crippen LogP contribution in [0.1, 0.15) is 78.1 Å². The van der Waals surface area contributed by atoms with Gasteiger partial charge in [-0.15, -0.1) is 0 Å². The van der Waals surface area contributed by atoms with E-state index in [2.05, 4.69) is 6.92 Å². The van der Waals surface area contributed by atoms with Crippen LogP contribution in [-0.2, 0) is 10.1 Å². The Bertz CT molecular complexity index is 306. The molecule has 0 amide bonds. The van der Waals surface area contributed by atoms with Gasteiger partial charge >= 0.3 is 51.4 Å². The van der Waals surface area contributed by atoms with Crippen molar-refractivity contribution in [2.24, 2.45) is 0 Å². The fourth-order valence-corrected chi connectivity index (χ4v) is 3.18. The molecule has 0 rings (SSSR count). The summed E-state index contributed by atoms with van der Waals surface area (Å²) >= 11 is 0. The second kappa shape index (κ2) is 14.1. The third kappa shape index (κ3) is 13.2. The molecule has 1 N–H and O–H groups in total. The summed E-state index contributed by atoms with van der Waals surface area (Å²) in [4.78, 5) is 0. The van der Waals surface area contributed by atoms with Gasteiger partial charge in [-0.3, -0.25) is 0 Å². The first kappa shape index (κ1) is 23.8. The summed E-state index contributed by atoms with van der Waals surface area (Å²) in [6, 6.07) is 0. The van der Waals surface area contributed by atoms with Crippen molar-refractivity contribution < 1.29 is 69.5 Å². The molecular weight excluding hydrogens is 303 g/mol. The average Bonchev–Trinajstić information content (AvgIpc) is 2.31. The predicted octanol–water partition coefficient (Wildman–Crippen LogP) is 0.206. The van der Waals surface area contributed by atoms with Crippen LogP contribution in [0.2, 0.25) is 0 Å². The average molecular weight is 333 g/mol. The van der Waals surface area contributed by atoms with Crippen molar-refractivity contribution in [3.05, 3.63) is 0 Å². The Hall–Kier alpha value is 1.51. The number of unbranched alkanes of at least 4 members (excludes halogenated alkanes) is 4. The van der Waals surface area contributed by atoms with Gasteiger partial charge in [-0.25, -0.2) is 8.42 Å². The van der Waals surface area contributed by atoms with Crippen molar-refractivity contribution in [3.8, 4) is 0 Å². The van der Waals surface area contributed by atoms with E-state index in [1.807, 2.05) is 0 Å². The van der Waals surface area contributed by atoms with Crippen molar-refractivity contribution in [1.29, 1.82) is 0 Å². The Labute approximate surface area is 167 Å². The van der Waals surface area contributed by atoms with Crippen LogP contribution in [-0.4, -0.2) is 29.4 Å². The molecule has 0 aliphatic carbocycles. The van der Waals surface area contributed by atoms with E-state index in [-0.39, 0.29) is 57.5 Å². The monoisotopic (exact) mass is 332 g/mol. The van der Waals surface area contributed by atoms with Gasteiger partial charge in [0.15, 0.2) is 0 Å². The van der Waals surface area contributed by atoms with Gasteiger partial charge in [0.2, 0.25) is 0 Å². The van der Waals surface area contributed by atoms with Gasteiger partial charge in [0, 0.05) is 5.25 Å². The van der Waals surface area contributed by atoms with E-state index in [4.69, 9.17) is 0 Å². The Morgan fingerprint density at radius 2 is 1.45 bits per heavy atom. The molecule has 0 fully saturated rings. The molecule has 4 nitrogen and oxygen atoms in total. The molecule has 6 heteroatoms. The largest absolute Gasteiger partial charge is 1.00 e. The number of hydrogen-bond acceptors (Lipinski definition) is 4. The van der Waals surface area contributed by atoms with Gasteiger partial charge in [-0.1, -0.05) is 52.4 Å². The Balaban J connectivity index is 0. The van der Waals surface area contributed by atoms with Gasteiger partial charge in [-0.2, -0.15) is 0 Å². The first-order chi connectivity index (χ1) is 8.91. The molecule has 0 bridgehead atoms. The van der Waals surface area contributed by atoms with Crippen LogP contribution < -0.4 is 51.4 Å². The summed E-state index contributed by atoms with van der Waals surface area (Å²) in [6.45, 7) is 3.81. The Morgan fingerprint density at radius 1 is 0.950 bits per heavy atom. The molecule has 0 aromatic heterocycles. The van der Waals surface area contributed by atoms with Crippen LogP contribution in [0.25, 0.3) is 0 Å². The molecule has 0 aliphatic rings. The summed E-state index contributed by atoms with van der Waals surface area (Å²) in [5.41, 5.74) is 0. The quantitative estimate of drug-likeness (QED) is 0.315. The van der Waals surface area contributed by atoms with E-state index >= 15 is 0 Å². The molecule has 2 atom stereocenters. The smallest absolute Gasteiger partial charge is 0.748 e. The summed E-state index contributed by atoms with van der Waals surface area (Å²) in [7, 11) is -4.11. The minimum Gasteiger partial charge on any atom is -0.748 e. The number of aliphatic hydroxyl groups excluding tert-OH is 1. The molecule has 116 valence electrons. The van der Waals surface area contributed by atoms with Gasteiger partial charge in [0.1, 0.15) is 0 Å². The fourth-order valence-electron chi connectivity index (χ4n) is 2.31. The minimum atomic E-state index is -4.11. The second-order valence-corrected chi connectivity index (χ2v) is 6.96. The molecule has 2 unspecified atom stereocenters. The summed E-state index contributed by atoms with van der Waals surface area (Å²) in [6.07, 6.45) is 8.40. The standard InChI is InChI=1S/C14H30O4S.K/c1-3-10-13(15)11-8-6-5-7-9-12-14(4-2)19(16,17)18;/h13-15H,3-12H2,1-2H3,(H,16,17,18);/q;+1/p-1. The molecular formula is C14H29KO4S. The van der Waals surface area contributed by atoms with Crippen molar-refractivity contribution in [3.63, 3.8) is 0 Å². The fraction of sp³-hybridized carbons (Fsp3) is 1.00. The van der Waals surface area contributed by atoms with Crippen LogP contribution in [0, 0.1) is 0 Å². The Morgan fingerprint density at radius 3 is 1.90 bits per heavy atom. The van der Waals surface area contributed by atoms with Gasteiger partial charge in [0.25, 0.3) is 0 Å². The van der Waals surface area contributed by atoms with Crippen LogP contribution in [0.4, 0.5) is 0 Å². The third-order valence-electron chi connectivity index (χ3n) is 3.55. The molecule has 0 aliphatic heterocycles. The number of aliphatic hydroxyl groups is 1. The first-order valence-corrected chi connectivity index (χ1v) is 9.01. The van der Waals surface area contributed by atoms with Crippen LogP contribution in [0.15, 0.2) is 0 Å². The first-order valence-electron chi connectivity index (χ1n) is 7.54. The normalized spacial score (nSPS) is 14.6. The van der Waals surface area contributed by atoms with Crippen LogP contribution in [0.5, 0.6) is 0 Å². The zero-order valence-electron chi connectivity index (χ0n) is 13.3. The van der Waals surface area contributed by atoms with Crippen molar-refractivity contribution >= 4 is 10.1 Å². The van der Waals surface area contributed by atoms with Crippen molar-refractivity contribution in [2.75, 3.05) is 0 Å². The number of hydrogen-bond donors (Lipinski definition) is 1. The van der Waals surface area contributed by atoms with Crippen LogP contribution >= 0.6 is 0 Å². The maximum Gasteiger partial charge on any atom is 1.00 e. The SMILES string of the molecule is CCCC(O)CCCCCCCC(CC)S(=O)(=O)[O-].[K+]. The summed E-state index contributed by atoms with van der Waals surface area (Å²) in [5, 5.41) is 8.84. The second-order valence-electron chi connectivity index (χ2n) is 5.31. The topological polar surface area (TPSA) is 77.4 Å². The maximum atomic E-state index is 10.9. The molecule has 0 saturated carbocycles.